The predicted molar refractivity (Wildman–Crippen MR) is 89.1 cm³/mol. The van der Waals surface area contributed by atoms with Crippen molar-refractivity contribution in [3.05, 3.63) is 45.1 Å². The SMILES string of the molecule is COc1ccc(NC(=O)C(C#N)C(=O)c2ccc(C)s2)cc1Cl. The highest BCUT2D eigenvalue weighted by molar-refractivity contribution is 7.14. The lowest BCUT2D eigenvalue weighted by molar-refractivity contribution is -0.117. The van der Waals surface area contributed by atoms with Crippen LogP contribution in [0.4, 0.5) is 5.69 Å². The topological polar surface area (TPSA) is 79.2 Å². The van der Waals surface area contributed by atoms with Crippen molar-refractivity contribution in [1.29, 1.82) is 5.26 Å². The maximum atomic E-state index is 12.3. The van der Waals surface area contributed by atoms with Crippen molar-refractivity contribution in [2.75, 3.05) is 12.4 Å². The Bertz CT molecular complexity index is 795. The first-order valence-corrected chi connectivity index (χ1v) is 7.80. The Morgan fingerprint density at radius 2 is 2.09 bits per heavy atom. The molecule has 118 valence electrons. The van der Waals surface area contributed by atoms with E-state index in [0.717, 1.165) is 4.88 Å². The van der Waals surface area contributed by atoms with E-state index in [9.17, 15) is 14.9 Å². The monoisotopic (exact) mass is 348 g/mol. The molecule has 5 nitrogen and oxygen atoms in total. The van der Waals surface area contributed by atoms with Crippen molar-refractivity contribution >= 4 is 40.3 Å². The molecular weight excluding hydrogens is 336 g/mol. The summed E-state index contributed by atoms with van der Waals surface area (Å²) < 4.78 is 5.02. The average molecular weight is 349 g/mol. The fourth-order valence-electron chi connectivity index (χ4n) is 1.90. The molecule has 1 amide bonds. The summed E-state index contributed by atoms with van der Waals surface area (Å²) >= 11 is 7.23. The molecule has 0 fully saturated rings. The number of ether oxygens (including phenoxy) is 1. The fraction of sp³-hybridized carbons (Fsp3) is 0.188. The second kappa shape index (κ2) is 7.27. The van der Waals surface area contributed by atoms with Gasteiger partial charge < -0.3 is 10.1 Å². The molecule has 1 atom stereocenters. The molecule has 2 aromatic rings. The fourth-order valence-corrected chi connectivity index (χ4v) is 3.00. The van der Waals surface area contributed by atoms with E-state index in [0.29, 0.717) is 21.3 Å². The third-order valence-corrected chi connectivity index (χ3v) is 4.37. The van der Waals surface area contributed by atoms with Crippen LogP contribution in [0.1, 0.15) is 14.5 Å². The van der Waals surface area contributed by atoms with E-state index in [4.69, 9.17) is 16.3 Å². The van der Waals surface area contributed by atoms with E-state index in [-0.39, 0.29) is 0 Å². The summed E-state index contributed by atoms with van der Waals surface area (Å²) in [4.78, 5) is 25.8. The van der Waals surface area contributed by atoms with Crippen LogP contribution in [0.15, 0.2) is 30.3 Å². The molecule has 1 N–H and O–H groups in total. The van der Waals surface area contributed by atoms with E-state index in [2.05, 4.69) is 5.32 Å². The summed E-state index contributed by atoms with van der Waals surface area (Å²) in [6.07, 6.45) is 0. The average Bonchev–Trinajstić information content (AvgIpc) is 2.94. The number of nitriles is 1. The van der Waals surface area contributed by atoms with Gasteiger partial charge in [-0.25, -0.2) is 0 Å². The van der Waals surface area contributed by atoms with Gasteiger partial charge in [-0.3, -0.25) is 9.59 Å². The number of anilines is 1. The zero-order chi connectivity index (χ0) is 17.0. The van der Waals surface area contributed by atoms with Crippen LogP contribution in [0.3, 0.4) is 0 Å². The largest absolute Gasteiger partial charge is 0.495 e. The molecule has 0 saturated heterocycles. The van der Waals surface area contributed by atoms with E-state index in [1.54, 1.807) is 30.3 Å². The number of aryl methyl sites for hydroxylation is 1. The number of benzene rings is 1. The number of thiophene rings is 1. The Morgan fingerprint density at radius 1 is 1.35 bits per heavy atom. The van der Waals surface area contributed by atoms with Gasteiger partial charge in [0.1, 0.15) is 5.75 Å². The van der Waals surface area contributed by atoms with Crippen LogP contribution >= 0.6 is 22.9 Å². The van der Waals surface area contributed by atoms with Gasteiger partial charge in [-0.1, -0.05) is 11.6 Å². The first kappa shape index (κ1) is 17.0. The second-order valence-corrected chi connectivity index (χ2v) is 6.37. The highest BCUT2D eigenvalue weighted by Gasteiger charge is 2.28. The van der Waals surface area contributed by atoms with Gasteiger partial charge in [0.05, 0.1) is 23.1 Å². The van der Waals surface area contributed by atoms with Crippen LogP contribution in [0.2, 0.25) is 5.02 Å². The van der Waals surface area contributed by atoms with Gasteiger partial charge in [0.2, 0.25) is 5.91 Å². The number of rotatable bonds is 5. The molecule has 7 heteroatoms. The Hall–Kier alpha value is -2.36. The standard InChI is InChI=1S/C16H13ClN2O3S/c1-9-3-6-14(23-9)15(20)11(8-18)16(21)19-10-4-5-13(22-2)12(17)7-10/h3-7,11H,1-2H3,(H,19,21). The lowest BCUT2D eigenvalue weighted by Gasteiger charge is -2.10. The number of nitrogens with one attached hydrogen (secondary N) is 1. The van der Waals surface area contributed by atoms with Crippen LogP contribution in [-0.2, 0) is 4.79 Å². The molecule has 1 aromatic heterocycles. The van der Waals surface area contributed by atoms with Crippen LogP contribution in [0.25, 0.3) is 0 Å². The van der Waals surface area contributed by atoms with Crippen molar-refractivity contribution in [3.8, 4) is 11.8 Å². The molecule has 0 aliphatic carbocycles. The highest BCUT2D eigenvalue weighted by atomic mass is 35.5. The number of carbonyl (C=O) groups is 2. The summed E-state index contributed by atoms with van der Waals surface area (Å²) in [6, 6.07) is 9.80. The van der Waals surface area contributed by atoms with Gasteiger partial charge in [0.25, 0.3) is 0 Å². The molecule has 0 aliphatic rings. The zero-order valence-electron chi connectivity index (χ0n) is 12.4. The lowest BCUT2D eigenvalue weighted by atomic mass is 10.0. The number of Topliss-reactive ketones (excluding diaryl/α,β-unsaturated/α-hetero) is 1. The summed E-state index contributed by atoms with van der Waals surface area (Å²) in [5.41, 5.74) is 0.385. The molecule has 0 bridgehead atoms. The minimum Gasteiger partial charge on any atom is -0.495 e. The smallest absolute Gasteiger partial charge is 0.249 e. The van der Waals surface area contributed by atoms with Crippen molar-refractivity contribution < 1.29 is 14.3 Å². The maximum Gasteiger partial charge on any atom is 0.249 e. The molecule has 1 heterocycles. The van der Waals surface area contributed by atoms with Gasteiger partial charge in [-0.15, -0.1) is 11.3 Å². The number of hydrogen-bond donors (Lipinski definition) is 1. The van der Waals surface area contributed by atoms with Crippen LogP contribution < -0.4 is 10.1 Å². The summed E-state index contributed by atoms with van der Waals surface area (Å²) in [5.74, 6) is -2.15. The van der Waals surface area contributed by atoms with Gasteiger partial charge in [-0.2, -0.15) is 5.26 Å². The Kier molecular flexibility index (Phi) is 5.37. The van der Waals surface area contributed by atoms with Gasteiger partial charge in [0, 0.05) is 10.6 Å². The molecule has 1 aromatic carbocycles. The number of ketones is 1. The Morgan fingerprint density at radius 3 is 2.61 bits per heavy atom. The predicted octanol–water partition coefficient (Wildman–Crippen LogP) is 3.68. The molecule has 0 saturated carbocycles. The van der Waals surface area contributed by atoms with Gasteiger partial charge in [0.15, 0.2) is 11.7 Å². The zero-order valence-corrected chi connectivity index (χ0v) is 14.0. The number of hydrogen-bond acceptors (Lipinski definition) is 5. The van der Waals surface area contributed by atoms with Crippen LogP contribution in [0.5, 0.6) is 5.75 Å². The third-order valence-electron chi connectivity index (χ3n) is 3.06. The number of carbonyl (C=O) groups excluding carboxylic acids is 2. The maximum absolute atomic E-state index is 12.3. The molecule has 1 unspecified atom stereocenters. The molecule has 0 aliphatic heterocycles. The first-order chi connectivity index (χ1) is 11.0. The summed E-state index contributed by atoms with van der Waals surface area (Å²) in [6.45, 7) is 1.85. The van der Waals surface area contributed by atoms with Crippen molar-refractivity contribution in [3.63, 3.8) is 0 Å². The quantitative estimate of drug-likeness (QED) is 0.660. The Balaban J connectivity index is 2.16. The van der Waals surface area contributed by atoms with E-state index in [1.165, 1.54) is 24.5 Å². The number of nitrogens with zero attached hydrogens (tertiary/aromatic N) is 1. The summed E-state index contributed by atoms with van der Waals surface area (Å²) in [7, 11) is 1.48. The number of halogens is 1. The highest BCUT2D eigenvalue weighted by Crippen LogP contribution is 2.27. The second-order valence-electron chi connectivity index (χ2n) is 4.68. The lowest BCUT2D eigenvalue weighted by Crippen LogP contribution is -2.28. The molecule has 23 heavy (non-hydrogen) atoms. The van der Waals surface area contributed by atoms with E-state index in [1.807, 2.05) is 6.92 Å². The van der Waals surface area contributed by atoms with E-state index >= 15 is 0 Å². The van der Waals surface area contributed by atoms with Gasteiger partial charge >= 0.3 is 0 Å². The van der Waals surface area contributed by atoms with Crippen molar-refractivity contribution in [1.82, 2.24) is 0 Å². The van der Waals surface area contributed by atoms with Crippen molar-refractivity contribution in [2.24, 2.45) is 5.92 Å². The number of methoxy groups -OCH3 is 1. The molecule has 0 spiro atoms. The number of amides is 1. The minimum absolute atomic E-state index is 0.319. The Labute approximate surface area is 142 Å². The van der Waals surface area contributed by atoms with Crippen LogP contribution in [0, 0.1) is 24.2 Å². The molecular formula is C16H13ClN2O3S. The van der Waals surface area contributed by atoms with Crippen LogP contribution in [-0.4, -0.2) is 18.8 Å². The third kappa shape index (κ3) is 3.89. The normalized spacial score (nSPS) is 11.4. The van der Waals surface area contributed by atoms with Crippen molar-refractivity contribution in [2.45, 2.75) is 6.92 Å². The van der Waals surface area contributed by atoms with Gasteiger partial charge in [-0.05, 0) is 37.3 Å². The molecule has 2 rings (SSSR count). The minimum atomic E-state index is -1.41. The van der Waals surface area contributed by atoms with E-state index < -0.39 is 17.6 Å². The molecule has 0 radical (unpaired) electrons. The first-order valence-electron chi connectivity index (χ1n) is 6.61. The summed E-state index contributed by atoms with van der Waals surface area (Å²) in [5, 5.41) is 12.0.